The van der Waals surface area contributed by atoms with Gasteiger partial charge in [0.05, 0.1) is 24.0 Å². The van der Waals surface area contributed by atoms with Crippen molar-refractivity contribution in [3.05, 3.63) is 78.1 Å². The molecule has 28 heavy (non-hydrogen) atoms. The van der Waals surface area contributed by atoms with Crippen molar-refractivity contribution in [3.63, 3.8) is 0 Å². The number of hydrogen-bond acceptors (Lipinski definition) is 4. The number of carbonyl (C=O) groups is 1. The van der Waals surface area contributed by atoms with Gasteiger partial charge in [-0.2, -0.15) is 13.2 Å². The number of alkyl halides is 3. The number of benzene rings is 2. The zero-order chi connectivity index (χ0) is 20.1. The fourth-order valence-electron chi connectivity index (χ4n) is 2.56. The number of nitrogens with zero attached hydrogens (tertiary/aromatic N) is 1. The van der Waals surface area contributed by atoms with Gasteiger partial charge < -0.3 is 15.4 Å². The number of pyridine rings is 1. The zero-order valence-electron chi connectivity index (χ0n) is 14.7. The molecule has 2 aromatic carbocycles. The first kappa shape index (κ1) is 19.2. The lowest BCUT2D eigenvalue weighted by Gasteiger charge is -2.15. The lowest BCUT2D eigenvalue weighted by molar-refractivity contribution is -0.136. The first-order chi connectivity index (χ1) is 13.4. The summed E-state index contributed by atoms with van der Waals surface area (Å²) < 4.78 is 44.6. The third-order valence-corrected chi connectivity index (χ3v) is 3.86. The number of hydrogen-bond donors (Lipinski definition) is 2. The van der Waals surface area contributed by atoms with Gasteiger partial charge in [0.25, 0.3) is 5.91 Å². The Morgan fingerprint density at radius 3 is 2.39 bits per heavy atom. The molecule has 144 valence electrons. The largest absolute Gasteiger partial charge is 0.495 e. The Kier molecular flexibility index (Phi) is 5.49. The molecule has 0 aliphatic carbocycles. The Hall–Kier alpha value is -3.55. The number of para-hydroxylation sites is 3. The minimum Gasteiger partial charge on any atom is -0.495 e. The SMILES string of the molecule is COc1ccccc1NC(=O)c1cc(Nc2ccccc2C(F)(F)F)ccn1. The summed E-state index contributed by atoms with van der Waals surface area (Å²) in [6.07, 6.45) is -3.16. The van der Waals surface area contributed by atoms with Gasteiger partial charge in [0, 0.05) is 11.9 Å². The first-order valence-electron chi connectivity index (χ1n) is 8.22. The van der Waals surface area contributed by atoms with E-state index in [0.717, 1.165) is 6.07 Å². The summed E-state index contributed by atoms with van der Waals surface area (Å²) in [5.74, 6) is -0.0403. The lowest BCUT2D eigenvalue weighted by Crippen LogP contribution is -2.14. The molecule has 0 aliphatic rings. The minimum absolute atomic E-state index is 0.0420. The summed E-state index contributed by atoms with van der Waals surface area (Å²) in [5, 5.41) is 5.37. The molecule has 0 spiro atoms. The second-order valence-corrected chi connectivity index (χ2v) is 5.75. The van der Waals surface area contributed by atoms with Gasteiger partial charge in [0.15, 0.2) is 0 Å². The molecule has 0 unspecified atom stereocenters. The molecule has 1 amide bonds. The first-order valence-corrected chi connectivity index (χ1v) is 8.22. The standard InChI is InChI=1S/C20H16F3N3O2/c1-28-18-9-5-4-8-16(18)26-19(27)17-12-13(10-11-24-17)25-15-7-3-2-6-14(15)20(21,22)23/h2-12H,1H3,(H,24,25)(H,26,27). The fraction of sp³-hybridized carbons (Fsp3) is 0.100. The maximum absolute atomic E-state index is 13.1. The van der Waals surface area contributed by atoms with E-state index in [2.05, 4.69) is 15.6 Å². The van der Waals surface area contributed by atoms with E-state index in [1.165, 1.54) is 43.6 Å². The number of methoxy groups -OCH3 is 1. The molecule has 1 heterocycles. The summed E-state index contributed by atoms with van der Waals surface area (Å²) >= 11 is 0. The summed E-state index contributed by atoms with van der Waals surface area (Å²) in [7, 11) is 1.48. The average Bonchev–Trinajstić information content (AvgIpc) is 2.68. The molecule has 0 radical (unpaired) electrons. The Morgan fingerprint density at radius 1 is 1.00 bits per heavy atom. The van der Waals surface area contributed by atoms with Crippen molar-refractivity contribution in [1.29, 1.82) is 0 Å². The molecule has 0 atom stereocenters. The highest BCUT2D eigenvalue weighted by molar-refractivity contribution is 6.04. The van der Waals surface area contributed by atoms with Gasteiger partial charge >= 0.3 is 6.18 Å². The summed E-state index contributed by atoms with van der Waals surface area (Å²) in [6.45, 7) is 0. The smallest absolute Gasteiger partial charge is 0.418 e. The highest BCUT2D eigenvalue weighted by Crippen LogP contribution is 2.35. The zero-order valence-corrected chi connectivity index (χ0v) is 14.7. The molecule has 5 nitrogen and oxygen atoms in total. The van der Waals surface area contributed by atoms with Crippen LogP contribution in [0.15, 0.2) is 66.9 Å². The average molecular weight is 387 g/mol. The molecule has 0 aliphatic heterocycles. The number of anilines is 3. The van der Waals surface area contributed by atoms with Crippen LogP contribution in [0.5, 0.6) is 5.75 Å². The number of amides is 1. The van der Waals surface area contributed by atoms with Crippen LogP contribution in [-0.4, -0.2) is 18.0 Å². The van der Waals surface area contributed by atoms with Crippen LogP contribution in [0.1, 0.15) is 16.1 Å². The Balaban J connectivity index is 1.83. The third kappa shape index (κ3) is 4.40. The second kappa shape index (κ2) is 7.99. The van der Waals surface area contributed by atoms with Crippen molar-refractivity contribution in [2.45, 2.75) is 6.18 Å². The van der Waals surface area contributed by atoms with Gasteiger partial charge in [0.2, 0.25) is 0 Å². The van der Waals surface area contributed by atoms with E-state index in [1.807, 2.05) is 0 Å². The second-order valence-electron chi connectivity index (χ2n) is 5.75. The van der Waals surface area contributed by atoms with E-state index in [0.29, 0.717) is 17.1 Å². The van der Waals surface area contributed by atoms with Crippen LogP contribution in [0, 0.1) is 0 Å². The van der Waals surface area contributed by atoms with E-state index in [1.54, 1.807) is 24.3 Å². The van der Waals surface area contributed by atoms with Gasteiger partial charge in [-0.25, -0.2) is 0 Å². The van der Waals surface area contributed by atoms with Gasteiger partial charge in [-0.05, 0) is 36.4 Å². The normalized spacial score (nSPS) is 11.0. The predicted octanol–water partition coefficient (Wildman–Crippen LogP) is 5.10. The number of carbonyl (C=O) groups excluding carboxylic acids is 1. The van der Waals surface area contributed by atoms with E-state index < -0.39 is 17.6 Å². The lowest BCUT2D eigenvalue weighted by atomic mass is 10.1. The molecule has 0 fully saturated rings. The molecule has 0 saturated carbocycles. The van der Waals surface area contributed by atoms with Crippen LogP contribution in [0.25, 0.3) is 0 Å². The topological polar surface area (TPSA) is 63.2 Å². The van der Waals surface area contributed by atoms with Crippen LogP contribution in [0.4, 0.5) is 30.2 Å². The van der Waals surface area contributed by atoms with Crippen molar-refractivity contribution >= 4 is 23.0 Å². The Bertz CT molecular complexity index is 990. The maximum Gasteiger partial charge on any atom is 0.418 e. The summed E-state index contributed by atoms with van der Waals surface area (Å²) in [4.78, 5) is 16.5. The van der Waals surface area contributed by atoms with Gasteiger partial charge in [-0.1, -0.05) is 24.3 Å². The predicted molar refractivity (Wildman–Crippen MR) is 99.9 cm³/mol. The van der Waals surface area contributed by atoms with Crippen LogP contribution >= 0.6 is 0 Å². The Labute approximate surface area is 159 Å². The number of halogens is 3. The molecule has 0 saturated heterocycles. The van der Waals surface area contributed by atoms with Crippen molar-refractivity contribution in [2.24, 2.45) is 0 Å². The molecular formula is C20H16F3N3O2. The van der Waals surface area contributed by atoms with Crippen molar-refractivity contribution in [1.82, 2.24) is 4.98 Å². The van der Waals surface area contributed by atoms with Crippen molar-refractivity contribution < 1.29 is 22.7 Å². The Morgan fingerprint density at radius 2 is 1.68 bits per heavy atom. The van der Waals surface area contributed by atoms with E-state index in [-0.39, 0.29) is 11.4 Å². The van der Waals surface area contributed by atoms with Gasteiger partial charge in [0.1, 0.15) is 11.4 Å². The highest BCUT2D eigenvalue weighted by atomic mass is 19.4. The van der Waals surface area contributed by atoms with E-state index in [9.17, 15) is 18.0 Å². The van der Waals surface area contributed by atoms with Crippen molar-refractivity contribution in [3.8, 4) is 5.75 Å². The number of ether oxygens (including phenoxy) is 1. The molecule has 3 rings (SSSR count). The molecular weight excluding hydrogens is 371 g/mol. The van der Waals surface area contributed by atoms with Crippen LogP contribution in [0.3, 0.4) is 0 Å². The van der Waals surface area contributed by atoms with Gasteiger partial charge in [-0.3, -0.25) is 9.78 Å². The van der Waals surface area contributed by atoms with Crippen LogP contribution < -0.4 is 15.4 Å². The van der Waals surface area contributed by atoms with E-state index in [4.69, 9.17) is 4.74 Å². The fourth-order valence-corrected chi connectivity index (χ4v) is 2.56. The molecule has 8 heteroatoms. The quantitative estimate of drug-likeness (QED) is 0.639. The molecule has 0 bridgehead atoms. The van der Waals surface area contributed by atoms with Crippen LogP contribution in [-0.2, 0) is 6.18 Å². The number of nitrogens with one attached hydrogen (secondary N) is 2. The number of aromatic nitrogens is 1. The molecule has 2 N–H and O–H groups in total. The molecule has 3 aromatic rings. The third-order valence-electron chi connectivity index (χ3n) is 3.86. The van der Waals surface area contributed by atoms with Gasteiger partial charge in [-0.15, -0.1) is 0 Å². The van der Waals surface area contributed by atoms with Crippen molar-refractivity contribution in [2.75, 3.05) is 17.7 Å². The van der Waals surface area contributed by atoms with Crippen LogP contribution in [0.2, 0.25) is 0 Å². The monoisotopic (exact) mass is 387 g/mol. The molecule has 1 aromatic heterocycles. The highest BCUT2D eigenvalue weighted by Gasteiger charge is 2.33. The van der Waals surface area contributed by atoms with E-state index >= 15 is 0 Å². The minimum atomic E-state index is -4.50. The summed E-state index contributed by atoms with van der Waals surface area (Å²) in [6, 6.07) is 14.8. The maximum atomic E-state index is 13.1. The summed E-state index contributed by atoms with van der Waals surface area (Å²) in [5.41, 5.74) is -0.112. The number of rotatable bonds is 5.